The van der Waals surface area contributed by atoms with Crippen molar-refractivity contribution >= 4 is 17.8 Å². The maximum Gasteiger partial charge on any atom is 0.216 e. The fourth-order valence-corrected chi connectivity index (χ4v) is 3.95. The highest BCUT2D eigenvalue weighted by Crippen LogP contribution is 2.42. The number of fused-ring (bicyclic) bond motifs is 1. The summed E-state index contributed by atoms with van der Waals surface area (Å²) in [6.45, 7) is 2.96. The fraction of sp³-hybridized carbons (Fsp3) is 0.391. The number of hydrogen-bond donors (Lipinski definition) is 2. The van der Waals surface area contributed by atoms with E-state index >= 15 is 0 Å². The van der Waals surface area contributed by atoms with E-state index in [0.717, 1.165) is 26.2 Å². The quantitative estimate of drug-likeness (QED) is 0.605. The largest absolute Gasteiger partial charge is 0.493 e. The molecule has 1 fully saturated rings. The molecule has 2 aromatic rings. The number of para-hydroxylation sites is 2. The zero-order chi connectivity index (χ0) is 23.4. The van der Waals surface area contributed by atoms with Gasteiger partial charge in [0.05, 0.1) is 27.0 Å². The minimum Gasteiger partial charge on any atom is -0.493 e. The van der Waals surface area contributed by atoms with E-state index in [4.69, 9.17) is 24.7 Å². The molecule has 0 aromatic heterocycles. The van der Waals surface area contributed by atoms with Gasteiger partial charge in [0.1, 0.15) is 6.34 Å². The Kier molecular flexibility index (Phi) is 6.68. The van der Waals surface area contributed by atoms with Crippen molar-refractivity contribution in [2.24, 2.45) is 10.7 Å². The van der Waals surface area contributed by atoms with Crippen molar-refractivity contribution in [1.29, 1.82) is 0 Å². The van der Waals surface area contributed by atoms with Gasteiger partial charge in [-0.15, -0.1) is 0 Å². The minimum atomic E-state index is -1.65. The molecule has 0 radical (unpaired) electrons. The van der Waals surface area contributed by atoms with E-state index in [9.17, 15) is 4.79 Å². The van der Waals surface area contributed by atoms with Crippen LogP contribution in [0.4, 0.5) is 5.69 Å². The van der Waals surface area contributed by atoms with Gasteiger partial charge in [-0.25, -0.2) is 10.0 Å². The van der Waals surface area contributed by atoms with E-state index in [1.807, 2.05) is 17.1 Å². The molecule has 10 heteroatoms. The van der Waals surface area contributed by atoms with Crippen LogP contribution in [0.1, 0.15) is 5.56 Å². The summed E-state index contributed by atoms with van der Waals surface area (Å²) >= 11 is 0. The molecule has 1 unspecified atom stereocenters. The lowest BCUT2D eigenvalue weighted by molar-refractivity contribution is -0.126. The van der Waals surface area contributed by atoms with Crippen LogP contribution in [0, 0.1) is 0 Å². The number of carbonyl (C=O) groups is 1. The predicted octanol–water partition coefficient (Wildman–Crippen LogP) is 1.14. The molecule has 0 saturated carbocycles. The zero-order valence-corrected chi connectivity index (χ0v) is 19.0. The Labute approximate surface area is 192 Å². The van der Waals surface area contributed by atoms with Crippen molar-refractivity contribution in [1.82, 2.24) is 10.3 Å². The van der Waals surface area contributed by atoms with Crippen LogP contribution in [0.5, 0.6) is 23.0 Å². The average molecular weight is 456 g/mol. The molecule has 10 nitrogen and oxygen atoms in total. The number of carbonyl (C=O) groups excluding carboxylic acids is 1. The van der Waals surface area contributed by atoms with Crippen molar-refractivity contribution in [3.8, 4) is 23.0 Å². The second kappa shape index (κ2) is 9.65. The van der Waals surface area contributed by atoms with Crippen molar-refractivity contribution in [2.45, 2.75) is 5.66 Å². The van der Waals surface area contributed by atoms with Crippen LogP contribution >= 0.6 is 0 Å². The first kappa shape index (κ1) is 22.8. The molecule has 4 rings (SSSR count). The topological polar surface area (TPSA) is 111 Å². The van der Waals surface area contributed by atoms with Gasteiger partial charge in [-0.3, -0.25) is 15.5 Å². The summed E-state index contributed by atoms with van der Waals surface area (Å²) in [5.74, 6) is 1.57. The third kappa shape index (κ3) is 4.32. The van der Waals surface area contributed by atoms with Crippen LogP contribution < -0.4 is 35.0 Å². The van der Waals surface area contributed by atoms with E-state index in [2.05, 4.69) is 15.3 Å². The lowest BCUT2D eigenvalue weighted by Gasteiger charge is -2.42. The highest BCUT2D eigenvalue weighted by atomic mass is 16.5. The van der Waals surface area contributed by atoms with Crippen LogP contribution in [0.15, 0.2) is 41.4 Å². The summed E-state index contributed by atoms with van der Waals surface area (Å²) in [7, 11) is 4.65. The summed E-state index contributed by atoms with van der Waals surface area (Å²) in [4.78, 5) is 17.9. The van der Waals surface area contributed by atoms with Crippen LogP contribution in [0.2, 0.25) is 0 Å². The van der Waals surface area contributed by atoms with Gasteiger partial charge < -0.3 is 24.3 Å². The fourth-order valence-electron chi connectivity index (χ4n) is 3.95. The predicted molar refractivity (Wildman–Crippen MR) is 124 cm³/mol. The molecule has 33 heavy (non-hydrogen) atoms. The number of nitrogens with two attached hydrogens (primary N) is 1. The molecule has 0 spiro atoms. The van der Waals surface area contributed by atoms with Crippen molar-refractivity contribution in [2.75, 3.05) is 59.1 Å². The second-order valence-electron chi connectivity index (χ2n) is 7.65. The highest BCUT2D eigenvalue weighted by molar-refractivity contribution is 5.98. The molecule has 0 amide bonds. The van der Waals surface area contributed by atoms with Crippen molar-refractivity contribution in [3.05, 3.63) is 42.0 Å². The lowest BCUT2D eigenvalue weighted by Crippen LogP contribution is -2.56. The molecule has 2 aliphatic heterocycles. The summed E-state index contributed by atoms with van der Waals surface area (Å²) in [6.07, 6.45) is 1.60. The van der Waals surface area contributed by atoms with Gasteiger partial charge >= 0.3 is 0 Å². The monoisotopic (exact) mass is 455 g/mol. The maximum absolute atomic E-state index is 13.4. The van der Waals surface area contributed by atoms with Crippen molar-refractivity contribution in [3.63, 3.8) is 0 Å². The van der Waals surface area contributed by atoms with Gasteiger partial charge in [0.2, 0.25) is 11.4 Å². The molecule has 2 aliphatic rings. The van der Waals surface area contributed by atoms with Gasteiger partial charge in [0, 0.05) is 37.8 Å². The molecule has 2 aromatic carbocycles. The number of Topliss-reactive ketones (excluding diaryl/α,β-unsaturated/α-hetero) is 1. The van der Waals surface area contributed by atoms with Gasteiger partial charge in [-0.05, 0) is 18.2 Å². The molecule has 0 aliphatic carbocycles. The number of nitrogens with zero attached hydrogens (tertiary/aromatic N) is 3. The number of methoxy groups -OCH3 is 3. The Morgan fingerprint density at radius 3 is 2.33 bits per heavy atom. The van der Waals surface area contributed by atoms with Crippen LogP contribution in [0.3, 0.4) is 0 Å². The normalized spacial score (nSPS) is 20.2. The number of piperazine rings is 1. The molecular weight excluding hydrogens is 426 g/mol. The maximum atomic E-state index is 13.4. The Morgan fingerprint density at radius 2 is 1.67 bits per heavy atom. The van der Waals surface area contributed by atoms with Gasteiger partial charge in [-0.1, -0.05) is 12.1 Å². The van der Waals surface area contributed by atoms with E-state index in [-0.39, 0.29) is 6.61 Å². The van der Waals surface area contributed by atoms with E-state index < -0.39 is 11.4 Å². The Bertz CT molecular complexity index is 1040. The number of anilines is 1. The van der Waals surface area contributed by atoms with Crippen LogP contribution in [-0.4, -0.2) is 71.2 Å². The molecule has 3 N–H and O–H groups in total. The van der Waals surface area contributed by atoms with E-state index in [1.165, 1.54) is 7.11 Å². The zero-order valence-electron chi connectivity index (χ0n) is 19.0. The third-order valence-corrected chi connectivity index (χ3v) is 5.78. The van der Waals surface area contributed by atoms with Gasteiger partial charge in [0.25, 0.3) is 0 Å². The lowest BCUT2D eigenvalue weighted by atomic mass is 9.92. The number of aliphatic imine (C=N–C) groups is 1. The van der Waals surface area contributed by atoms with E-state index in [0.29, 0.717) is 34.2 Å². The first-order valence-corrected chi connectivity index (χ1v) is 10.7. The molecule has 1 saturated heterocycles. The SMILES string of the molecule is COc1cc2c(cc1OC)C(N)(C(=O)COc1ccccc1OC)N=CN2N1CCNCC1. The Morgan fingerprint density at radius 1 is 1.03 bits per heavy atom. The van der Waals surface area contributed by atoms with Gasteiger partial charge in [-0.2, -0.15) is 0 Å². The molecular formula is C23H29N5O5. The first-order chi connectivity index (χ1) is 16.0. The summed E-state index contributed by atoms with van der Waals surface area (Å²) in [5.41, 5.74) is 6.21. The number of ketones is 1. The number of hydrazine groups is 1. The van der Waals surface area contributed by atoms with Gasteiger partial charge in [0.15, 0.2) is 29.6 Å². The molecule has 0 bridgehead atoms. The standard InChI is InChI=1S/C23H29N5O5/c1-30-18-6-4-5-7-19(18)33-14-22(29)23(24)16-12-20(31-2)21(32-3)13-17(16)28(15-26-23)27-10-8-25-9-11-27/h4-7,12-13,15,25H,8-11,14,24H2,1-3H3. The summed E-state index contributed by atoms with van der Waals surface area (Å²) < 4.78 is 22.0. The molecule has 1 atom stereocenters. The number of benzene rings is 2. The smallest absolute Gasteiger partial charge is 0.216 e. The van der Waals surface area contributed by atoms with E-state index in [1.54, 1.807) is 44.8 Å². The minimum absolute atomic E-state index is 0.282. The van der Waals surface area contributed by atoms with Crippen LogP contribution in [-0.2, 0) is 10.5 Å². The number of rotatable bonds is 8. The average Bonchev–Trinajstić information content (AvgIpc) is 2.87. The Balaban J connectivity index is 1.69. The summed E-state index contributed by atoms with van der Waals surface area (Å²) in [6, 6.07) is 10.6. The molecule has 2 heterocycles. The number of nitrogens with one attached hydrogen (secondary N) is 1. The Hall–Kier alpha value is -3.34. The third-order valence-electron chi connectivity index (χ3n) is 5.78. The highest BCUT2D eigenvalue weighted by Gasteiger charge is 2.43. The number of ether oxygens (including phenoxy) is 4. The number of hydrogen-bond acceptors (Lipinski definition) is 10. The molecule has 176 valence electrons. The first-order valence-electron chi connectivity index (χ1n) is 10.7. The van der Waals surface area contributed by atoms with Crippen molar-refractivity contribution < 1.29 is 23.7 Å². The second-order valence-corrected chi connectivity index (χ2v) is 7.65. The van der Waals surface area contributed by atoms with Crippen LogP contribution in [0.25, 0.3) is 0 Å². The summed E-state index contributed by atoms with van der Waals surface area (Å²) in [5, 5.41) is 7.38.